The van der Waals surface area contributed by atoms with Gasteiger partial charge in [0, 0.05) is 5.56 Å². The summed E-state index contributed by atoms with van der Waals surface area (Å²) >= 11 is 0.937. The largest absolute Gasteiger partial charge is 0.482 e. The number of nitrogen functional groups attached to an aromatic ring is 1. The average Bonchev–Trinajstić information content (AvgIpc) is 3.00. The van der Waals surface area contributed by atoms with Gasteiger partial charge in [-0.15, -0.1) is 11.3 Å². The fourth-order valence-corrected chi connectivity index (χ4v) is 3.31. The third-order valence-electron chi connectivity index (χ3n) is 3.89. The van der Waals surface area contributed by atoms with Crippen LogP contribution >= 0.6 is 11.3 Å². The highest BCUT2D eigenvalue weighted by molar-refractivity contribution is 7.18. The maximum atomic E-state index is 12.0. The number of nitriles is 1. The van der Waals surface area contributed by atoms with Crippen LogP contribution in [0.15, 0.2) is 24.3 Å². The molecule has 0 saturated heterocycles. The van der Waals surface area contributed by atoms with Gasteiger partial charge in [-0.1, -0.05) is 26.0 Å². The first-order valence-corrected chi connectivity index (χ1v) is 9.55. The van der Waals surface area contributed by atoms with Gasteiger partial charge >= 0.3 is 11.9 Å². The summed E-state index contributed by atoms with van der Waals surface area (Å²) < 4.78 is 15.5. The van der Waals surface area contributed by atoms with Crippen LogP contribution in [0.4, 0.5) is 5.00 Å². The Labute approximate surface area is 167 Å². The second kappa shape index (κ2) is 9.76. The molecule has 1 aromatic heterocycles. The smallest absolute Gasteiger partial charge is 0.348 e. The Balaban J connectivity index is 1.98. The van der Waals surface area contributed by atoms with E-state index >= 15 is 0 Å². The van der Waals surface area contributed by atoms with Crippen LogP contribution in [0.5, 0.6) is 5.75 Å². The van der Waals surface area contributed by atoms with E-state index in [0.29, 0.717) is 11.7 Å². The Morgan fingerprint density at radius 3 is 2.46 bits per heavy atom. The molecule has 0 bridgehead atoms. The van der Waals surface area contributed by atoms with Gasteiger partial charge in [-0.05, 0) is 30.5 Å². The van der Waals surface area contributed by atoms with Gasteiger partial charge in [0.1, 0.15) is 28.3 Å². The molecular weight excluding hydrogens is 380 g/mol. The zero-order valence-corrected chi connectivity index (χ0v) is 16.8. The maximum Gasteiger partial charge on any atom is 0.348 e. The Morgan fingerprint density at radius 2 is 1.89 bits per heavy atom. The Hall–Kier alpha value is -3.05. The summed E-state index contributed by atoms with van der Waals surface area (Å²) in [6, 6.07) is 9.37. The molecule has 0 aliphatic heterocycles. The number of carbonyl (C=O) groups is 2. The first-order valence-electron chi connectivity index (χ1n) is 8.74. The van der Waals surface area contributed by atoms with Gasteiger partial charge < -0.3 is 19.9 Å². The molecule has 8 heteroatoms. The van der Waals surface area contributed by atoms with Crippen molar-refractivity contribution in [3.05, 3.63) is 45.8 Å². The van der Waals surface area contributed by atoms with E-state index in [1.807, 2.05) is 18.2 Å². The summed E-state index contributed by atoms with van der Waals surface area (Å²) in [6.07, 6.45) is 0. The highest BCUT2D eigenvalue weighted by Gasteiger charge is 2.24. The standard InChI is InChI=1S/C20H22N2O5S/c1-4-25-20(24)18-16(15(9-21)19(22)28-18)10-27-17(23)11-26-14-7-5-13(6-8-14)12(2)3/h5-8,12H,4,10-11,22H2,1-3H3. The van der Waals surface area contributed by atoms with Crippen LogP contribution in [0.2, 0.25) is 0 Å². The van der Waals surface area contributed by atoms with Crippen LogP contribution in [-0.4, -0.2) is 25.2 Å². The molecule has 0 amide bonds. The highest BCUT2D eigenvalue weighted by Crippen LogP contribution is 2.31. The molecule has 2 aromatic rings. The maximum absolute atomic E-state index is 12.0. The molecule has 0 radical (unpaired) electrons. The lowest BCUT2D eigenvalue weighted by molar-refractivity contribution is -0.147. The number of esters is 2. The van der Waals surface area contributed by atoms with E-state index in [0.717, 1.165) is 11.3 Å². The average molecular weight is 402 g/mol. The predicted octanol–water partition coefficient (Wildman–Crippen LogP) is 3.62. The predicted molar refractivity (Wildman–Crippen MR) is 105 cm³/mol. The van der Waals surface area contributed by atoms with E-state index < -0.39 is 11.9 Å². The molecule has 0 saturated carbocycles. The van der Waals surface area contributed by atoms with Gasteiger partial charge in [0.15, 0.2) is 6.61 Å². The number of nitrogens with zero attached hydrogens (tertiary/aromatic N) is 1. The SMILES string of the molecule is CCOC(=O)c1sc(N)c(C#N)c1COC(=O)COc1ccc(C(C)C)cc1. The summed E-state index contributed by atoms with van der Waals surface area (Å²) in [4.78, 5) is 24.2. The topological polar surface area (TPSA) is 112 Å². The number of hydrogen-bond donors (Lipinski definition) is 1. The van der Waals surface area contributed by atoms with E-state index in [4.69, 9.17) is 19.9 Å². The summed E-state index contributed by atoms with van der Waals surface area (Å²) in [6.45, 7) is 5.47. The van der Waals surface area contributed by atoms with Gasteiger partial charge in [0.05, 0.1) is 12.2 Å². The zero-order valence-electron chi connectivity index (χ0n) is 16.0. The monoisotopic (exact) mass is 402 g/mol. The van der Waals surface area contributed by atoms with Gasteiger partial charge in [-0.25, -0.2) is 9.59 Å². The van der Waals surface area contributed by atoms with Gasteiger partial charge in [-0.2, -0.15) is 5.26 Å². The Bertz CT molecular complexity index is 881. The molecular formula is C20H22N2O5S. The third-order valence-corrected chi connectivity index (χ3v) is 4.93. The first kappa shape index (κ1) is 21.3. The number of thiophene rings is 1. The molecule has 148 valence electrons. The number of hydrogen-bond acceptors (Lipinski definition) is 8. The van der Waals surface area contributed by atoms with Crippen molar-refractivity contribution in [2.24, 2.45) is 0 Å². The van der Waals surface area contributed by atoms with Crippen molar-refractivity contribution < 1.29 is 23.8 Å². The molecule has 1 aromatic carbocycles. The lowest BCUT2D eigenvalue weighted by Crippen LogP contribution is -2.16. The minimum atomic E-state index is -0.628. The van der Waals surface area contributed by atoms with Crippen molar-refractivity contribution in [3.8, 4) is 11.8 Å². The minimum Gasteiger partial charge on any atom is -0.482 e. The van der Waals surface area contributed by atoms with Crippen LogP contribution in [0.1, 0.15) is 53.1 Å². The van der Waals surface area contributed by atoms with Crippen LogP contribution < -0.4 is 10.5 Å². The van der Waals surface area contributed by atoms with Gasteiger partial charge in [0.25, 0.3) is 0 Å². The fourth-order valence-electron chi connectivity index (χ4n) is 2.39. The van der Waals surface area contributed by atoms with E-state index in [2.05, 4.69) is 13.8 Å². The highest BCUT2D eigenvalue weighted by atomic mass is 32.1. The molecule has 28 heavy (non-hydrogen) atoms. The molecule has 0 aliphatic carbocycles. The van der Waals surface area contributed by atoms with Crippen LogP contribution in [-0.2, 0) is 20.9 Å². The quantitative estimate of drug-likeness (QED) is 0.671. The second-order valence-corrected chi connectivity index (χ2v) is 7.21. The van der Waals surface area contributed by atoms with E-state index in [1.165, 1.54) is 5.56 Å². The van der Waals surface area contributed by atoms with Crippen LogP contribution in [0, 0.1) is 11.3 Å². The van der Waals surface area contributed by atoms with E-state index in [9.17, 15) is 14.9 Å². The number of ether oxygens (including phenoxy) is 3. The van der Waals surface area contributed by atoms with Gasteiger partial charge in [0.2, 0.25) is 0 Å². The first-order chi connectivity index (χ1) is 13.4. The normalized spacial score (nSPS) is 10.4. The zero-order chi connectivity index (χ0) is 20.7. The number of benzene rings is 1. The number of anilines is 1. The van der Waals surface area contributed by atoms with Crippen molar-refractivity contribution >= 4 is 28.3 Å². The second-order valence-electron chi connectivity index (χ2n) is 6.15. The van der Waals surface area contributed by atoms with Crippen LogP contribution in [0.25, 0.3) is 0 Å². The summed E-state index contributed by atoms with van der Waals surface area (Å²) in [5, 5.41) is 9.44. The lowest BCUT2D eigenvalue weighted by Gasteiger charge is -2.09. The summed E-state index contributed by atoms with van der Waals surface area (Å²) in [5.74, 6) is -0.282. The van der Waals surface area contributed by atoms with Crippen molar-refractivity contribution in [1.29, 1.82) is 5.26 Å². The number of carbonyl (C=O) groups excluding carboxylic acids is 2. The van der Waals surface area contributed by atoms with E-state index in [-0.39, 0.29) is 40.8 Å². The molecule has 0 atom stereocenters. The van der Waals surface area contributed by atoms with Gasteiger partial charge in [-0.3, -0.25) is 0 Å². The number of nitrogens with two attached hydrogens (primary N) is 1. The molecule has 0 fully saturated rings. The summed E-state index contributed by atoms with van der Waals surface area (Å²) in [7, 11) is 0. The van der Waals surface area contributed by atoms with Crippen LogP contribution in [0.3, 0.4) is 0 Å². The molecule has 1 heterocycles. The molecule has 2 rings (SSSR count). The molecule has 0 aliphatic rings. The van der Waals surface area contributed by atoms with Crippen molar-refractivity contribution in [2.75, 3.05) is 18.9 Å². The Morgan fingerprint density at radius 1 is 1.21 bits per heavy atom. The summed E-state index contributed by atoms with van der Waals surface area (Å²) in [5.41, 5.74) is 7.32. The molecule has 7 nitrogen and oxygen atoms in total. The lowest BCUT2D eigenvalue weighted by atomic mass is 10.0. The fraction of sp³-hybridized carbons (Fsp3) is 0.350. The van der Waals surface area contributed by atoms with Crippen molar-refractivity contribution in [3.63, 3.8) is 0 Å². The Kier molecular flexibility index (Phi) is 7.41. The van der Waals surface area contributed by atoms with E-state index in [1.54, 1.807) is 19.1 Å². The van der Waals surface area contributed by atoms with Crippen molar-refractivity contribution in [1.82, 2.24) is 0 Å². The molecule has 0 unspecified atom stereocenters. The molecule has 0 spiro atoms. The molecule has 2 N–H and O–H groups in total. The minimum absolute atomic E-state index is 0.117. The third kappa shape index (κ3) is 5.24. The van der Waals surface area contributed by atoms with Crippen molar-refractivity contribution in [2.45, 2.75) is 33.3 Å². The number of rotatable bonds is 8.